The van der Waals surface area contributed by atoms with Gasteiger partial charge in [-0.15, -0.1) is 0 Å². The number of rotatable bonds is 4. The van der Waals surface area contributed by atoms with Crippen molar-refractivity contribution in [2.24, 2.45) is 5.10 Å². The topological polar surface area (TPSA) is 41.9 Å². The van der Waals surface area contributed by atoms with Crippen molar-refractivity contribution in [2.45, 2.75) is 19.4 Å². The van der Waals surface area contributed by atoms with Crippen LogP contribution in [0.5, 0.6) is 5.75 Å². The number of hydrazone groups is 1. The Hall–Kier alpha value is -3.40. The van der Waals surface area contributed by atoms with Gasteiger partial charge in [0.15, 0.2) is 0 Å². The molecule has 1 aliphatic rings. The first kappa shape index (κ1) is 18.0. The van der Waals surface area contributed by atoms with Gasteiger partial charge in [-0.3, -0.25) is 4.79 Å². The number of carbonyl (C=O) groups excluding carboxylic acids is 1. The smallest absolute Gasteiger partial charge is 0.274 e. The Morgan fingerprint density at radius 3 is 2.29 bits per heavy atom. The maximum atomic E-state index is 13.2. The highest BCUT2D eigenvalue weighted by Gasteiger charge is 2.33. The second-order valence-corrected chi connectivity index (χ2v) is 6.92. The Kier molecular flexibility index (Phi) is 4.94. The van der Waals surface area contributed by atoms with Crippen LogP contribution >= 0.6 is 0 Å². The summed E-state index contributed by atoms with van der Waals surface area (Å²) in [5, 5.41) is 6.35. The van der Waals surface area contributed by atoms with Crippen LogP contribution in [0.3, 0.4) is 0 Å². The highest BCUT2D eigenvalue weighted by Crippen LogP contribution is 2.34. The number of carbonyl (C=O) groups is 1. The van der Waals surface area contributed by atoms with Crippen molar-refractivity contribution in [2.75, 3.05) is 7.11 Å². The van der Waals surface area contributed by atoms with Crippen molar-refractivity contribution < 1.29 is 9.53 Å². The van der Waals surface area contributed by atoms with Gasteiger partial charge in [0.05, 0.1) is 18.9 Å². The van der Waals surface area contributed by atoms with Gasteiger partial charge >= 0.3 is 0 Å². The lowest BCUT2D eigenvalue weighted by atomic mass is 9.97. The first-order valence-electron chi connectivity index (χ1n) is 9.33. The summed E-state index contributed by atoms with van der Waals surface area (Å²) in [7, 11) is 1.65. The maximum Gasteiger partial charge on any atom is 0.274 e. The Balaban J connectivity index is 1.71. The quantitative estimate of drug-likeness (QED) is 0.649. The molecular weight excluding hydrogens is 348 g/mol. The summed E-state index contributed by atoms with van der Waals surface area (Å²) >= 11 is 0. The van der Waals surface area contributed by atoms with E-state index in [-0.39, 0.29) is 11.9 Å². The minimum absolute atomic E-state index is 0.0940. The standard InChI is InChI=1S/C24H22N2O2/c1-17-8-10-18(11-9-17)22-16-23(19-12-14-21(28-2)15-13-19)26(25-22)24(27)20-6-4-3-5-7-20/h3-15,23H,16H2,1-2H3/t23-/m1/s1. The molecular formula is C24H22N2O2. The molecule has 3 aromatic rings. The van der Waals surface area contributed by atoms with Crippen LogP contribution in [0.15, 0.2) is 84.0 Å². The molecule has 0 saturated heterocycles. The number of nitrogens with zero attached hydrogens (tertiary/aromatic N) is 2. The van der Waals surface area contributed by atoms with Gasteiger partial charge in [0, 0.05) is 12.0 Å². The van der Waals surface area contributed by atoms with Crippen LogP contribution in [0.4, 0.5) is 0 Å². The van der Waals surface area contributed by atoms with Gasteiger partial charge in [-0.05, 0) is 42.3 Å². The molecule has 0 aromatic heterocycles. The van der Waals surface area contributed by atoms with E-state index in [2.05, 4.69) is 31.2 Å². The van der Waals surface area contributed by atoms with Crippen LogP contribution in [0.25, 0.3) is 0 Å². The first-order chi connectivity index (χ1) is 13.7. The zero-order chi connectivity index (χ0) is 19.5. The van der Waals surface area contributed by atoms with Crippen LogP contribution in [-0.2, 0) is 0 Å². The van der Waals surface area contributed by atoms with Crippen molar-refractivity contribution >= 4 is 11.6 Å². The van der Waals surface area contributed by atoms with E-state index in [0.717, 1.165) is 22.6 Å². The summed E-state index contributed by atoms with van der Waals surface area (Å²) in [4.78, 5) is 13.2. The van der Waals surface area contributed by atoms with Crippen LogP contribution in [-0.4, -0.2) is 23.7 Å². The number of aryl methyl sites for hydroxylation is 1. The van der Waals surface area contributed by atoms with E-state index in [1.807, 2.05) is 54.6 Å². The number of ether oxygens (including phenoxy) is 1. The summed E-state index contributed by atoms with van der Waals surface area (Å²) in [6.07, 6.45) is 0.675. The number of benzene rings is 3. The molecule has 1 heterocycles. The molecule has 0 aliphatic carbocycles. The summed E-state index contributed by atoms with van der Waals surface area (Å²) in [5.74, 6) is 0.700. The van der Waals surface area contributed by atoms with Gasteiger partial charge in [-0.25, -0.2) is 5.01 Å². The summed E-state index contributed by atoms with van der Waals surface area (Å²) < 4.78 is 5.27. The van der Waals surface area contributed by atoms with Crippen LogP contribution in [0.1, 0.15) is 39.5 Å². The third kappa shape index (κ3) is 3.54. The lowest BCUT2D eigenvalue weighted by Crippen LogP contribution is -2.27. The van der Waals surface area contributed by atoms with Gasteiger partial charge < -0.3 is 4.74 Å². The summed E-state index contributed by atoms with van der Waals surface area (Å²) in [6.45, 7) is 2.06. The molecule has 0 saturated carbocycles. The predicted molar refractivity (Wildman–Crippen MR) is 111 cm³/mol. The van der Waals surface area contributed by atoms with Gasteiger partial charge in [-0.1, -0.05) is 60.2 Å². The third-order valence-corrected chi connectivity index (χ3v) is 5.02. The third-order valence-electron chi connectivity index (χ3n) is 5.02. The highest BCUT2D eigenvalue weighted by molar-refractivity contribution is 6.05. The SMILES string of the molecule is COc1ccc([C@H]2CC(c3ccc(C)cc3)=NN2C(=O)c2ccccc2)cc1. The molecule has 1 aliphatic heterocycles. The van der Waals surface area contributed by atoms with E-state index in [0.29, 0.717) is 12.0 Å². The van der Waals surface area contributed by atoms with E-state index in [1.165, 1.54) is 5.56 Å². The molecule has 1 atom stereocenters. The van der Waals surface area contributed by atoms with E-state index >= 15 is 0 Å². The Morgan fingerprint density at radius 2 is 1.64 bits per heavy atom. The van der Waals surface area contributed by atoms with Crippen molar-refractivity contribution in [3.63, 3.8) is 0 Å². The molecule has 1 amide bonds. The fourth-order valence-electron chi connectivity index (χ4n) is 3.42. The maximum absolute atomic E-state index is 13.2. The van der Waals surface area contributed by atoms with Crippen LogP contribution < -0.4 is 4.74 Å². The van der Waals surface area contributed by atoms with E-state index < -0.39 is 0 Å². The molecule has 4 heteroatoms. The second kappa shape index (κ2) is 7.69. The molecule has 0 fully saturated rings. The van der Waals surface area contributed by atoms with E-state index in [1.54, 1.807) is 12.1 Å². The van der Waals surface area contributed by atoms with Crippen molar-refractivity contribution in [1.29, 1.82) is 0 Å². The molecule has 3 aromatic carbocycles. The van der Waals surface area contributed by atoms with Gasteiger partial charge in [0.2, 0.25) is 0 Å². The molecule has 4 nitrogen and oxygen atoms in total. The highest BCUT2D eigenvalue weighted by atomic mass is 16.5. The molecule has 0 radical (unpaired) electrons. The molecule has 0 bridgehead atoms. The zero-order valence-corrected chi connectivity index (χ0v) is 16.0. The lowest BCUT2D eigenvalue weighted by Gasteiger charge is -2.22. The number of methoxy groups -OCH3 is 1. The minimum atomic E-state index is -0.144. The van der Waals surface area contributed by atoms with Gasteiger partial charge in [0.25, 0.3) is 5.91 Å². The van der Waals surface area contributed by atoms with Crippen molar-refractivity contribution in [3.05, 3.63) is 101 Å². The molecule has 4 rings (SSSR count). The van der Waals surface area contributed by atoms with Crippen LogP contribution in [0.2, 0.25) is 0 Å². The minimum Gasteiger partial charge on any atom is -0.497 e. The van der Waals surface area contributed by atoms with Crippen LogP contribution in [0, 0.1) is 6.92 Å². The predicted octanol–water partition coefficient (Wildman–Crippen LogP) is 5.00. The molecule has 0 unspecified atom stereocenters. The van der Waals surface area contributed by atoms with Gasteiger partial charge in [-0.2, -0.15) is 5.10 Å². The van der Waals surface area contributed by atoms with Crippen molar-refractivity contribution in [3.8, 4) is 5.75 Å². The fraction of sp³-hybridized carbons (Fsp3) is 0.167. The monoisotopic (exact) mass is 370 g/mol. The second-order valence-electron chi connectivity index (χ2n) is 6.92. The number of amides is 1. The first-order valence-corrected chi connectivity index (χ1v) is 9.33. The largest absolute Gasteiger partial charge is 0.497 e. The lowest BCUT2D eigenvalue weighted by molar-refractivity contribution is 0.0711. The van der Waals surface area contributed by atoms with Gasteiger partial charge in [0.1, 0.15) is 5.75 Å². The molecule has 140 valence electrons. The zero-order valence-electron chi connectivity index (χ0n) is 16.0. The van der Waals surface area contributed by atoms with E-state index in [4.69, 9.17) is 9.84 Å². The molecule has 0 N–H and O–H groups in total. The Bertz CT molecular complexity index is 993. The Morgan fingerprint density at radius 1 is 0.964 bits per heavy atom. The normalized spacial score (nSPS) is 16.0. The van der Waals surface area contributed by atoms with E-state index in [9.17, 15) is 4.79 Å². The average molecular weight is 370 g/mol. The Labute approximate surface area is 165 Å². The molecule has 28 heavy (non-hydrogen) atoms. The summed E-state index contributed by atoms with van der Waals surface area (Å²) in [6, 6.07) is 25.3. The molecule has 0 spiro atoms. The summed E-state index contributed by atoms with van der Waals surface area (Å²) in [5.41, 5.74) is 4.84. The van der Waals surface area contributed by atoms with Crippen molar-refractivity contribution in [1.82, 2.24) is 5.01 Å². The fourth-order valence-corrected chi connectivity index (χ4v) is 3.42. The number of hydrogen-bond acceptors (Lipinski definition) is 3. The average Bonchev–Trinajstić information content (AvgIpc) is 3.20. The number of hydrogen-bond donors (Lipinski definition) is 0.